The van der Waals surface area contributed by atoms with Gasteiger partial charge < -0.3 is 20.0 Å². The number of anilines is 3. The minimum atomic E-state index is -0.369. The average Bonchev–Trinajstić information content (AvgIpc) is 3.66. The second kappa shape index (κ2) is 10.3. The van der Waals surface area contributed by atoms with Crippen LogP contribution >= 0.6 is 0 Å². The van der Waals surface area contributed by atoms with E-state index in [9.17, 15) is 10.1 Å². The van der Waals surface area contributed by atoms with Crippen molar-refractivity contribution in [1.29, 1.82) is 5.26 Å². The predicted molar refractivity (Wildman–Crippen MR) is 149 cm³/mol. The minimum absolute atomic E-state index is 0.0656. The van der Waals surface area contributed by atoms with E-state index in [1.165, 1.54) is 0 Å². The van der Waals surface area contributed by atoms with E-state index in [-0.39, 0.29) is 18.0 Å². The van der Waals surface area contributed by atoms with Crippen molar-refractivity contribution in [3.63, 3.8) is 0 Å². The lowest BCUT2D eigenvalue weighted by Gasteiger charge is -2.50. The molecule has 13 heteroatoms. The summed E-state index contributed by atoms with van der Waals surface area (Å²) in [7, 11) is 2.07. The predicted octanol–water partition coefficient (Wildman–Crippen LogP) is 1.89. The van der Waals surface area contributed by atoms with Gasteiger partial charge in [-0.05, 0) is 30.7 Å². The largest absolute Gasteiger partial charge is 0.363 e. The number of nitrogens with one attached hydrogen (secondary N) is 1. The SMILES string of the molecule is CC(C)c1cnn(C2(CC#N)CN(c3cccn4nc(Nc5cnn(CC(=O)N6CCN(C)CC6)c5)nc34)C2)c1. The second-order valence-electron chi connectivity index (χ2n) is 11.1. The highest BCUT2D eigenvalue weighted by molar-refractivity contribution is 5.76. The molecule has 2 saturated heterocycles. The third-order valence-electron chi connectivity index (χ3n) is 7.86. The standard InChI is InChI=1S/C27H34N12O/c1-20(2)21-13-30-39(15-21)27(6-7-28)18-36(19-27)23-5-4-8-38-25(23)32-26(33-38)31-22-14-29-37(16-22)17-24(40)35-11-9-34(3)10-12-35/h4-5,8,13-16,20H,6,9-12,17-19H2,1-3H3,(H,31,33). The molecule has 0 spiro atoms. The van der Waals surface area contributed by atoms with Gasteiger partial charge in [0.1, 0.15) is 12.1 Å². The van der Waals surface area contributed by atoms with Crippen LogP contribution < -0.4 is 10.2 Å². The molecule has 40 heavy (non-hydrogen) atoms. The van der Waals surface area contributed by atoms with Crippen LogP contribution in [0.3, 0.4) is 0 Å². The van der Waals surface area contributed by atoms with Gasteiger partial charge in [-0.3, -0.25) is 14.2 Å². The Kier molecular flexibility index (Phi) is 6.63. The van der Waals surface area contributed by atoms with Gasteiger partial charge in [0, 0.05) is 57.9 Å². The molecule has 0 aromatic carbocycles. The topological polar surface area (TPSA) is 128 Å². The summed E-state index contributed by atoms with van der Waals surface area (Å²) in [6, 6.07) is 6.32. The van der Waals surface area contributed by atoms with Gasteiger partial charge in [-0.25, -0.2) is 4.52 Å². The summed E-state index contributed by atoms with van der Waals surface area (Å²) < 4.78 is 5.35. The lowest BCUT2D eigenvalue weighted by atomic mass is 9.86. The zero-order chi connectivity index (χ0) is 27.9. The number of hydrogen-bond acceptors (Lipinski definition) is 9. The fourth-order valence-corrected chi connectivity index (χ4v) is 5.34. The number of nitrogens with zero attached hydrogens (tertiary/aromatic N) is 11. The van der Waals surface area contributed by atoms with Crippen molar-refractivity contribution in [2.75, 3.05) is 56.5 Å². The van der Waals surface area contributed by atoms with Crippen LogP contribution in [0.15, 0.2) is 43.1 Å². The molecule has 6 rings (SSSR count). The van der Waals surface area contributed by atoms with Crippen LogP contribution in [0, 0.1) is 11.3 Å². The first-order valence-electron chi connectivity index (χ1n) is 13.6. The number of rotatable bonds is 8. The number of nitriles is 1. The number of fused-ring (bicyclic) bond motifs is 1. The summed E-state index contributed by atoms with van der Waals surface area (Å²) in [6.45, 7) is 9.05. The van der Waals surface area contributed by atoms with Crippen LogP contribution in [0.5, 0.6) is 0 Å². The van der Waals surface area contributed by atoms with Crippen molar-refractivity contribution in [3.05, 3.63) is 48.7 Å². The number of likely N-dealkylation sites (N-methyl/N-ethyl adjacent to an activating group) is 1. The quantitative estimate of drug-likeness (QED) is 0.355. The number of carbonyl (C=O) groups excluding carboxylic acids is 1. The lowest BCUT2D eigenvalue weighted by Crippen LogP contribution is -2.63. The van der Waals surface area contributed by atoms with E-state index in [1.807, 2.05) is 34.1 Å². The van der Waals surface area contributed by atoms with Gasteiger partial charge in [-0.1, -0.05) is 13.8 Å². The Morgan fingerprint density at radius 1 is 1.15 bits per heavy atom. The summed E-state index contributed by atoms with van der Waals surface area (Å²) in [5.74, 6) is 0.884. The van der Waals surface area contributed by atoms with Crippen molar-refractivity contribution in [3.8, 4) is 6.07 Å². The van der Waals surface area contributed by atoms with E-state index in [0.717, 1.165) is 43.1 Å². The molecule has 0 atom stereocenters. The fourth-order valence-electron chi connectivity index (χ4n) is 5.34. The summed E-state index contributed by atoms with van der Waals surface area (Å²) in [5.41, 5.74) is 3.17. The number of pyridine rings is 1. The van der Waals surface area contributed by atoms with Gasteiger partial charge >= 0.3 is 0 Å². The number of hydrogen-bond donors (Lipinski definition) is 1. The Hall–Kier alpha value is -4.44. The smallest absolute Gasteiger partial charge is 0.247 e. The summed E-state index contributed by atoms with van der Waals surface area (Å²) >= 11 is 0. The number of carbonyl (C=O) groups is 1. The first kappa shape index (κ1) is 25.8. The number of amides is 1. The molecular formula is C27H34N12O. The molecule has 6 heterocycles. The van der Waals surface area contributed by atoms with Gasteiger partial charge in [0.25, 0.3) is 0 Å². The summed E-state index contributed by atoms with van der Waals surface area (Å²) in [6.07, 6.45) is 9.67. The average molecular weight is 543 g/mol. The molecule has 4 aromatic rings. The van der Waals surface area contributed by atoms with Crippen molar-refractivity contribution in [2.45, 2.75) is 38.3 Å². The van der Waals surface area contributed by atoms with Crippen LogP contribution in [-0.4, -0.2) is 96.2 Å². The molecule has 208 valence electrons. The van der Waals surface area contributed by atoms with Crippen LogP contribution in [0.2, 0.25) is 0 Å². The summed E-state index contributed by atoms with van der Waals surface area (Å²) in [4.78, 5) is 23.7. The molecule has 13 nitrogen and oxygen atoms in total. The van der Waals surface area contributed by atoms with Crippen LogP contribution in [0.25, 0.3) is 5.65 Å². The Morgan fingerprint density at radius 2 is 1.95 bits per heavy atom. The van der Waals surface area contributed by atoms with E-state index in [2.05, 4.69) is 63.6 Å². The third-order valence-corrected chi connectivity index (χ3v) is 7.86. The molecule has 2 fully saturated rings. The molecule has 0 unspecified atom stereocenters. The first-order chi connectivity index (χ1) is 19.3. The molecule has 0 saturated carbocycles. The highest BCUT2D eigenvalue weighted by Gasteiger charge is 2.46. The van der Waals surface area contributed by atoms with Crippen molar-refractivity contribution in [2.24, 2.45) is 0 Å². The monoisotopic (exact) mass is 542 g/mol. The Labute approximate surface area is 232 Å². The normalized spacial score (nSPS) is 17.3. The van der Waals surface area contributed by atoms with Crippen LogP contribution in [-0.2, 0) is 16.9 Å². The molecule has 1 amide bonds. The molecule has 2 aliphatic rings. The van der Waals surface area contributed by atoms with Gasteiger partial charge in [-0.15, -0.1) is 5.10 Å². The van der Waals surface area contributed by atoms with Crippen LogP contribution in [0.4, 0.5) is 17.3 Å². The molecular weight excluding hydrogens is 508 g/mol. The first-order valence-corrected chi connectivity index (χ1v) is 13.6. The lowest BCUT2D eigenvalue weighted by molar-refractivity contribution is -0.133. The van der Waals surface area contributed by atoms with Gasteiger partial charge in [0.05, 0.1) is 36.3 Å². The molecule has 0 bridgehead atoms. The Morgan fingerprint density at radius 3 is 2.67 bits per heavy atom. The zero-order valence-corrected chi connectivity index (χ0v) is 23.1. The zero-order valence-electron chi connectivity index (χ0n) is 23.1. The van der Waals surface area contributed by atoms with Gasteiger partial charge in [-0.2, -0.15) is 20.4 Å². The van der Waals surface area contributed by atoms with E-state index in [0.29, 0.717) is 37.1 Å². The van der Waals surface area contributed by atoms with Gasteiger partial charge in [0.2, 0.25) is 11.9 Å². The summed E-state index contributed by atoms with van der Waals surface area (Å²) in [5, 5.41) is 26.3. The Balaban J connectivity index is 1.14. The maximum atomic E-state index is 12.7. The molecule has 2 aliphatic heterocycles. The molecule has 1 N–H and O–H groups in total. The maximum absolute atomic E-state index is 12.7. The maximum Gasteiger partial charge on any atom is 0.247 e. The van der Waals surface area contributed by atoms with E-state index < -0.39 is 0 Å². The number of aromatic nitrogens is 7. The second-order valence-corrected chi connectivity index (χ2v) is 11.1. The van der Waals surface area contributed by atoms with Crippen LogP contribution in [0.1, 0.15) is 31.7 Å². The van der Waals surface area contributed by atoms with E-state index >= 15 is 0 Å². The van der Waals surface area contributed by atoms with Crippen molar-refractivity contribution < 1.29 is 4.79 Å². The fraction of sp³-hybridized carbons (Fsp3) is 0.481. The highest BCUT2D eigenvalue weighted by atomic mass is 16.2. The van der Waals surface area contributed by atoms with Gasteiger partial charge in [0.15, 0.2) is 5.65 Å². The molecule has 0 radical (unpaired) electrons. The van der Waals surface area contributed by atoms with Crippen molar-refractivity contribution >= 4 is 28.9 Å². The van der Waals surface area contributed by atoms with E-state index in [1.54, 1.807) is 21.6 Å². The van der Waals surface area contributed by atoms with Crippen molar-refractivity contribution in [1.82, 2.24) is 44.0 Å². The minimum Gasteiger partial charge on any atom is -0.363 e. The third kappa shape index (κ3) is 4.86. The highest BCUT2D eigenvalue weighted by Crippen LogP contribution is 2.37. The Bertz CT molecular complexity index is 1540. The van der Waals surface area contributed by atoms with E-state index in [4.69, 9.17) is 4.98 Å². The number of piperazine rings is 1. The molecule has 0 aliphatic carbocycles. The molecule has 4 aromatic heterocycles.